The van der Waals surface area contributed by atoms with Gasteiger partial charge in [0.15, 0.2) is 0 Å². The number of rotatable bonds is 4. The normalized spacial score (nSPS) is 11.4. The Bertz CT molecular complexity index is 85.5. The van der Waals surface area contributed by atoms with Crippen molar-refractivity contribution in [1.82, 2.24) is 0 Å². The summed E-state index contributed by atoms with van der Waals surface area (Å²) in [6, 6.07) is 0. The number of nitrogens with zero attached hydrogens (tertiary/aromatic N) is 1. The highest BCUT2D eigenvalue weighted by Gasteiger charge is 2.37. The summed E-state index contributed by atoms with van der Waals surface area (Å²) in [6.07, 6.45) is 0. The van der Waals surface area contributed by atoms with E-state index >= 15 is 0 Å². The fraction of sp³-hybridized carbons (Fsp3) is 0.750. The fourth-order valence-electron chi connectivity index (χ4n) is 0.444. The molecule has 5 heteroatoms. The minimum Gasteiger partial charge on any atom is -0.359 e. The van der Waals surface area contributed by atoms with Gasteiger partial charge in [-0.25, -0.2) is 0 Å². The second-order valence-corrected chi connectivity index (χ2v) is 3.88. The van der Waals surface area contributed by atoms with Gasteiger partial charge in [-0.05, 0) is 6.72 Å². The molecule has 0 aromatic rings. The smallest absolute Gasteiger partial charge is 0.359 e. The maximum Gasteiger partial charge on any atom is 0.651 e. The lowest BCUT2D eigenvalue weighted by atomic mass is 11.8. The molecule has 0 saturated carbocycles. The predicted octanol–water partition coefficient (Wildman–Crippen LogP) is 0.0618. The van der Waals surface area contributed by atoms with Crippen molar-refractivity contribution in [1.29, 1.82) is 0 Å². The molecule has 0 saturated heterocycles. The first-order chi connectivity index (χ1) is 4.24. The molecule has 0 atom stereocenters. The zero-order valence-corrected chi connectivity index (χ0v) is 6.88. The van der Waals surface area contributed by atoms with Crippen molar-refractivity contribution in [2.45, 2.75) is 0 Å². The van der Waals surface area contributed by atoms with Crippen LogP contribution < -0.4 is 0 Å². The van der Waals surface area contributed by atoms with E-state index in [0.717, 1.165) is 0 Å². The molecule has 0 aromatic carbocycles. The van der Waals surface area contributed by atoms with Crippen molar-refractivity contribution in [2.75, 3.05) is 21.3 Å². The third-order valence-electron chi connectivity index (χ3n) is 0.968. The molecule has 0 unspecified atom stereocenters. The Labute approximate surface area is 55.9 Å². The highest BCUT2D eigenvalue weighted by molar-refractivity contribution is 6.59. The lowest BCUT2D eigenvalue weighted by Gasteiger charge is -2.16. The van der Waals surface area contributed by atoms with Crippen molar-refractivity contribution in [2.24, 2.45) is 4.66 Å². The molecular weight excluding hydrogens is 138 g/mol. The van der Waals surface area contributed by atoms with Gasteiger partial charge in [0.1, 0.15) is 0 Å². The van der Waals surface area contributed by atoms with Gasteiger partial charge in [0, 0.05) is 21.3 Å². The van der Waals surface area contributed by atoms with Crippen LogP contribution in [0.25, 0.3) is 0 Å². The van der Waals surface area contributed by atoms with E-state index in [9.17, 15) is 0 Å². The first-order valence-corrected chi connectivity index (χ1v) is 4.05. The third-order valence-corrected chi connectivity index (χ3v) is 2.90. The van der Waals surface area contributed by atoms with Crippen molar-refractivity contribution in [3.63, 3.8) is 0 Å². The quantitative estimate of drug-likeness (QED) is 0.419. The van der Waals surface area contributed by atoms with Gasteiger partial charge in [0.05, 0.1) is 0 Å². The van der Waals surface area contributed by atoms with Gasteiger partial charge >= 0.3 is 8.97 Å². The molecule has 4 nitrogen and oxygen atoms in total. The minimum absolute atomic E-state index is 1.48. The van der Waals surface area contributed by atoms with Gasteiger partial charge in [-0.1, -0.05) is 0 Å². The summed E-state index contributed by atoms with van der Waals surface area (Å²) in [5, 5.41) is 0. The molecule has 0 aromatic heterocycles. The van der Waals surface area contributed by atoms with E-state index in [0.29, 0.717) is 0 Å². The van der Waals surface area contributed by atoms with Gasteiger partial charge in [0.25, 0.3) is 0 Å². The van der Waals surface area contributed by atoms with E-state index in [1.165, 1.54) is 21.3 Å². The van der Waals surface area contributed by atoms with Gasteiger partial charge < -0.3 is 13.3 Å². The van der Waals surface area contributed by atoms with Crippen LogP contribution in [0.3, 0.4) is 0 Å². The van der Waals surface area contributed by atoms with Gasteiger partial charge in [-0.2, -0.15) is 0 Å². The van der Waals surface area contributed by atoms with Crippen molar-refractivity contribution >= 4 is 15.7 Å². The summed E-state index contributed by atoms with van der Waals surface area (Å²) in [5.41, 5.74) is 0. The Morgan fingerprint density at radius 3 is 1.44 bits per heavy atom. The molecule has 0 aliphatic carbocycles. The zero-order chi connectivity index (χ0) is 7.33. The van der Waals surface area contributed by atoms with Crippen LogP contribution in [0.4, 0.5) is 0 Å². The molecule has 0 fully saturated rings. The molecule has 9 heavy (non-hydrogen) atoms. The summed E-state index contributed by atoms with van der Waals surface area (Å²) in [6.45, 7) is 3.28. The van der Waals surface area contributed by atoms with Crippen LogP contribution >= 0.6 is 0 Å². The summed E-state index contributed by atoms with van der Waals surface area (Å²) in [7, 11) is 1.76. The molecule has 0 aliphatic heterocycles. The summed E-state index contributed by atoms with van der Waals surface area (Å²) in [4.78, 5) is 0. The van der Waals surface area contributed by atoms with Crippen LogP contribution in [-0.2, 0) is 13.3 Å². The molecule has 0 spiro atoms. The monoisotopic (exact) mass is 149 g/mol. The standard InChI is InChI=1S/C4H11NO3Si/c1-5-9(6-2,7-3)8-4/h1H2,2-4H3. The van der Waals surface area contributed by atoms with E-state index in [2.05, 4.69) is 11.4 Å². The lowest BCUT2D eigenvalue weighted by molar-refractivity contribution is 0.126. The van der Waals surface area contributed by atoms with Crippen molar-refractivity contribution < 1.29 is 13.3 Å². The Hall–Kier alpha value is -0.233. The second kappa shape index (κ2) is 3.73. The Morgan fingerprint density at radius 1 is 1.11 bits per heavy atom. The first kappa shape index (κ1) is 8.77. The molecule has 0 radical (unpaired) electrons. The van der Waals surface area contributed by atoms with Crippen molar-refractivity contribution in [3.05, 3.63) is 0 Å². The average molecular weight is 149 g/mol. The maximum absolute atomic E-state index is 4.85. The van der Waals surface area contributed by atoms with Crippen LogP contribution in [0.2, 0.25) is 0 Å². The highest BCUT2D eigenvalue weighted by Crippen LogP contribution is 2.04. The van der Waals surface area contributed by atoms with Crippen LogP contribution in [0.5, 0.6) is 0 Å². The first-order valence-electron chi connectivity index (χ1n) is 2.38. The predicted molar refractivity (Wildman–Crippen MR) is 36.3 cm³/mol. The van der Waals surface area contributed by atoms with Crippen LogP contribution in [0, 0.1) is 0 Å². The van der Waals surface area contributed by atoms with E-state index in [4.69, 9.17) is 13.3 Å². The largest absolute Gasteiger partial charge is 0.651 e. The van der Waals surface area contributed by atoms with Crippen molar-refractivity contribution in [3.8, 4) is 0 Å². The Kier molecular flexibility index (Phi) is 3.63. The van der Waals surface area contributed by atoms with E-state index in [1.54, 1.807) is 0 Å². The molecule has 0 aliphatic rings. The maximum atomic E-state index is 4.85. The molecular formula is C4H11NO3Si. The Balaban J connectivity index is 3.98. The summed E-state index contributed by atoms with van der Waals surface area (Å²) < 4.78 is 18.1. The summed E-state index contributed by atoms with van der Waals surface area (Å²) >= 11 is 0. The van der Waals surface area contributed by atoms with Gasteiger partial charge in [0.2, 0.25) is 0 Å². The van der Waals surface area contributed by atoms with Gasteiger partial charge in [-0.15, -0.1) is 0 Å². The topological polar surface area (TPSA) is 40.0 Å². The molecule has 0 N–H and O–H groups in total. The van der Waals surface area contributed by atoms with E-state index in [-0.39, 0.29) is 0 Å². The average Bonchev–Trinajstić information content (AvgIpc) is 1.95. The molecule has 0 rings (SSSR count). The minimum atomic E-state index is -2.68. The third kappa shape index (κ3) is 1.87. The molecule has 0 heterocycles. The van der Waals surface area contributed by atoms with Crippen LogP contribution in [0.1, 0.15) is 0 Å². The molecule has 0 amide bonds. The SMILES string of the molecule is C=N[Si](OC)(OC)OC. The highest BCUT2D eigenvalue weighted by atomic mass is 28.4. The number of hydrogen-bond acceptors (Lipinski definition) is 4. The number of hydrogen-bond donors (Lipinski definition) is 0. The lowest BCUT2D eigenvalue weighted by Crippen LogP contribution is -2.40. The van der Waals surface area contributed by atoms with Gasteiger partial charge in [-0.3, -0.25) is 4.66 Å². The summed E-state index contributed by atoms with van der Waals surface area (Å²) in [5.74, 6) is 0. The van der Waals surface area contributed by atoms with E-state index < -0.39 is 8.97 Å². The molecule has 0 bridgehead atoms. The van der Waals surface area contributed by atoms with Crippen LogP contribution in [0.15, 0.2) is 4.66 Å². The second-order valence-electron chi connectivity index (χ2n) is 1.29. The fourth-order valence-corrected chi connectivity index (χ4v) is 1.33. The Morgan fingerprint density at radius 2 is 1.44 bits per heavy atom. The zero-order valence-electron chi connectivity index (χ0n) is 5.88. The molecule has 54 valence electrons. The van der Waals surface area contributed by atoms with Crippen LogP contribution in [-0.4, -0.2) is 37.0 Å². The van der Waals surface area contributed by atoms with E-state index in [1.807, 2.05) is 0 Å².